The van der Waals surface area contributed by atoms with Gasteiger partial charge in [0.05, 0.1) is 31.9 Å². The molecule has 1 N–H and O–H groups in total. The van der Waals surface area contributed by atoms with Crippen LogP contribution in [0.1, 0.15) is 17.2 Å². The number of carbonyl (C=O) groups is 2. The Morgan fingerprint density at radius 2 is 1.78 bits per heavy atom. The van der Waals surface area contributed by atoms with E-state index in [1.807, 2.05) is 0 Å². The summed E-state index contributed by atoms with van der Waals surface area (Å²) in [5, 5.41) is 11.5. The molecule has 168 valence electrons. The Morgan fingerprint density at radius 3 is 2.44 bits per heavy atom. The Kier molecular flexibility index (Phi) is 6.79. The van der Waals surface area contributed by atoms with Crippen molar-refractivity contribution in [3.63, 3.8) is 0 Å². The zero-order chi connectivity index (χ0) is 22.7. The number of likely N-dealkylation sites (tertiary alicyclic amines) is 1. The summed E-state index contributed by atoms with van der Waals surface area (Å²) >= 11 is 6.47. The van der Waals surface area contributed by atoms with Gasteiger partial charge in [0.25, 0.3) is 11.7 Å². The molecule has 2 aliphatic heterocycles. The van der Waals surface area contributed by atoms with Gasteiger partial charge in [-0.3, -0.25) is 14.5 Å². The van der Waals surface area contributed by atoms with E-state index in [2.05, 4.69) is 4.90 Å². The fourth-order valence-electron chi connectivity index (χ4n) is 4.11. The third-order valence-electron chi connectivity index (χ3n) is 5.86. The minimum Gasteiger partial charge on any atom is -0.507 e. The molecule has 2 aliphatic rings. The maximum absolute atomic E-state index is 13.1. The van der Waals surface area contributed by atoms with Crippen LogP contribution >= 0.6 is 11.6 Å². The van der Waals surface area contributed by atoms with Crippen LogP contribution in [0.4, 0.5) is 0 Å². The minimum absolute atomic E-state index is 0.0373. The minimum atomic E-state index is -0.771. The Morgan fingerprint density at radius 1 is 1.09 bits per heavy atom. The lowest BCUT2D eigenvalue weighted by atomic mass is 9.95. The number of methoxy groups -OCH3 is 1. The Labute approximate surface area is 191 Å². The molecule has 2 saturated heterocycles. The molecule has 8 heteroatoms. The van der Waals surface area contributed by atoms with Gasteiger partial charge in [-0.1, -0.05) is 29.8 Å². The predicted octanol–water partition coefficient (Wildman–Crippen LogP) is 3.10. The first-order valence-corrected chi connectivity index (χ1v) is 10.9. The maximum atomic E-state index is 13.1. The lowest BCUT2D eigenvalue weighted by molar-refractivity contribution is -0.140. The number of amides is 1. The number of aliphatic hydroxyl groups excluding tert-OH is 1. The molecule has 2 fully saturated rings. The van der Waals surface area contributed by atoms with Crippen LogP contribution in [0.15, 0.2) is 54.1 Å². The number of hydrogen-bond donors (Lipinski definition) is 1. The standard InChI is InChI=1S/C24H25ClN2O5/c1-31-17-8-6-16(7-9-17)22(28)20-21(18-4-2-3-5-19(18)25)27(24(30)23(20)29)11-10-26-12-14-32-15-13-26/h2-9,21,28H,10-15H2,1H3/t21-/m1/s1. The largest absolute Gasteiger partial charge is 0.507 e. The Hall–Kier alpha value is -2.87. The lowest BCUT2D eigenvalue weighted by Crippen LogP contribution is -2.42. The molecular weight excluding hydrogens is 432 g/mol. The van der Waals surface area contributed by atoms with E-state index < -0.39 is 17.7 Å². The van der Waals surface area contributed by atoms with Gasteiger partial charge < -0.3 is 19.5 Å². The second kappa shape index (κ2) is 9.73. The van der Waals surface area contributed by atoms with Crippen LogP contribution < -0.4 is 4.74 Å². The van der Waals surface area contributed by atoms with E-state index in [4.69, 9.17) is 21.1 Å². The molecule has 0 unspecified atom stereocenters. The SMILES string of the molecule is COc1ccc(C(O)=C2C(=O)C(=O)N(CCN3CCOCC3)[C@@H]2c2ccccc2Cl)cc1. The molecule has 0 bridgehead atoms. The van der Waals surface area contributed by atoms with E-state index in [-0.39, 0.29) is 11.3 Å². The van der Waals surface area contributed by atoms with Crippen molar-refractivity contribution in [1.29, 1.82) is 0 Å². The topological polar surface area (TPSA) is 79.3 Å². The number of ketones is 1. The molecule has 32 heavy (non-hydrogen) atoms. The first kappa shape index (κ1) is 22.3. The van der Waals surface area contributed by atoms with Crippen molar-refractivity contribution in [3.8, 4) is 5.75 Å². The highest BCUT2D eigenvalue weighted by molar-refractivity contribution is 6.47. The number of carbonyl (C=O) groups excluding carboxylic acids is 2. The highest BCUT2D eigenvalue weighted by Gasteiger charge is 2.46. The number of Topliss-reactive ketones (excluding diaryl/α,β-unsaturated/α-hetero) is 1. The summed E-state index contributed by atoms with van der Waals surface area (Å²) in [5.74, 6) is -0.969. The van der Waals surface area contributed by atoms with E-state index in [9.17, 15) is 14.7 Å². The fourth-order valence-corrected chi connectivity index (χ4v) is 4.35. The van der Waals surface area contributed by atoms with Gasteiger partial charge in [-0.2, -0.15) is 0 Å². The van der Waals surface area contributed by atoms with Crippen LogP contribution in [0, 0.1) is 0 Å². The quantitative estimate of drug-likeness (QED) is 0.409. The molecule has 2 heterocycles. The third-order valence-corrected chi connectivity index (χ3v) is 6.21. The summed E-state index contributed by atoms with van der Waals surface area (Å²) in [4.78, 5) is 29.8. The second-order valence-electron chi connectivity index (χ2n) is 7.70. The van der Waals surface area contributed by atoms with Crippen molar-refractivity contribution >= 4 is 29.1 Å². The Balaban J connectivity index is 1.74. The summed E-state index contributed by atoms with van der Waals surface area (Å²) in [6.07, 6.45) is 0. The summed E-state index contributed by atoms with van der Waals surface area (Å²) in [6.45, 7) is 3.76. The summed E-state index contributed by atoms with van der Waals surface area (Å²) in [6, 6.07) is 13.0. The van der Waals surface area contributed by atoms with Gasteiger partial charge in [-0.05, 0) is 35.9 Å². The van der Waals surface area contributed by atoms with Crippen molar-refractivity contribution in [2.75, 3.05) is 46.5 Å². The molecular formula is C24H25ClN2O5. The maximum Gasteiger partial charge on any atom is 0.295 e. The summed E-state index contributed by atoms with van der Waals surface area (Å²) in [7, 11) is 1.55. The highest BCUT2D eigenvalue weighted by Crippen LogP contribution is 2.41. The average Bonchev–Trinajstić information content (AvgIpc) is 3.08. The zero-order valence-electron chi connectivity index (χ0n) is 17.8. The summed E-state index contributed by atoms with van der Waals surface area (Å²) in [5.41, 5.74) is 1.06. The van der Waals surface area contributed by atoms with Crippen molar-refractivity contribution < 1.29 is 24.2 Å². The number of hydrogen-bond acceptors (Lipinski definition) is 6. The Bertz CT molecular complexity index is 1030. The van der Waals surface area contributed by atoms with E-state index in [1.54, 1.807) is 55.6 Å². The molecule has 2 aromatic carbocycles. The normalized spacial score (nSPS) is 21.2. The number of benzene rings is 2. The molecule has 0 aromatic heterocycles. The van der Waals surface area contributed by atoms with Crippen molar-refractivity contribution in [1.82, 2.24) is 9.80 Å². The number of rotatable bonds is 6. The van der Waals surface area contributed by atoms with Gasteiger partial charge in [-0.15, -0.1) is 0 Å². The van der Waals surface area contributed by atoms with Crippen LogP contribution in [-0.2, 0) is 14.3 Å². The number of nitrogens with zero attached hydrogens (tertiary/aromatic N) is 2. The van der Waals surface area contributed by atoms with Crippen molar-refractivity contribution in [2.24, 2.45) is 0 Å². The number of morpholine rings is 1. The van der Waals surface area contributed by atoms with Crippen LogP contribution in [0.5, 0.6) is 5.75 Å². The van der Waals surface area contributed by atoms with E-state index >= 15 is 0 Å². The first-order valence-electron chi connectivity index (χ1n) is 10.5. The highest BCUT2D eigenvalue weighted by atomic mass is 35.5. The van der Waals surface area contributed by atoms with Crippen LogP contribution in [0.3, 0.4) is 0 Å². The summed E-state index contributed by atoms with van der Waals surface area (Å²) < 4.78 is 10.6. The molecule has 4 rings (SSSR count). The van der Waals surface area contributed by atoms with E-state index in [1.165, 1.54) is 4.90 Å². The molecule has 0 spiro atoms. The smallest absolute Gasteiger partial charge is 0.295 e. The van der Waals surface area contributed by atoms with Crippen molar-refractivity contribution in [2.45, 2.75) is 6.04 Å². The molecule has 0 aliphatic carbocycles. The molecule has 7 nitrogen and oxygen atoms in total. The molecule has 1 amide bonds. The van der Waals surface area contributed by atoms with Gasteiger partial charge in [0, 0.05) is 36.8 Å². The van der Waals surface area contributed by atoms with E-state index in [0.29, 0.717) is 48.2 Å². The van der Waals surface area contributed by atoms with Gasteiger partial charge in [0.15, 0.2) is 0 Å². The number of ether oxygens (including phenoxy) is 2. The number of halogens is 1. The molecule has 0 saturated carbocycles. The number of aliphatic hydroxyl groups is 1. The van der Waals surface area contributed by atoms with E-state index in [0.717, 1.165) is 13.1 Å². The van der Waals surface area contributed by atoms with Gasteiger partial charge in [0.2, 0.25) is 0 Å². The lowest BCUT2D eigenvalue weighted by Gasteiger charge is -2.31. The van der Waals surface area contributed by atoms with Crippen LogP contribution in [0.2, 0.25) is 5.02 Å². The molecule has 1 atom stereocenters. The van der Waals surface area contributed by atoms with Crippen LogP contribution in [-0.4, -0.2) is 73.1 Å². The first-order chi connectivity index (χ1) is 15.5. The van der Waals surface area contributed by atoms with Crippen LogP contribution in [0.25, 0.3) is 5.76 Å². The molecule has 0 radical (unpaired) electrons. The third kappa shape index (κ3) is 4.37. The molecule has 2 aromatic rings. The van der Waals surface area contributed by atoms with Crippen molar-refractivity contribution in [3.05, 3.63) is 70.3 Å². The van der Waals surface area contributed by atoms with Gasteiger partial charge in [-0.25, -0.2) is 0 Å². The van der Waals surface area contributed by atoms with Gasteiger partial charge >= 0.3 is 0 Å². The zero-order valence-corrected chi connectivity index (χ0v) is 18.5. The predicted molar refractivity (Wildman–Crippen MR) is 121 cm³/mol. The van der Waals surface area contributed by atoms with Gasteiger partial charge in [0.1, 0.15) is 11.5 Å². The monoisotopic (exact) mass is 456 g/mol. The average molecular weight is 457 g/mol. The fraction of sp³-hybridized carbons (Fsp3) is 0.333. The second-order valence-corrected chi connectivity index (χ2v) is 8.10.